The van der Waals surface area contributed by atoms with E-state index < -0.39 is 4.92 Å². The largest absolute Gasteiger partial charge is 0.359 e. The van der Waals surface area contributed by atoms with Crippen LogP contribution >= 0.6 is 23.1 Å². The highest BCUT2D eigenvalue weighted by atomic mass is 32.2. The summed E-state index contributed by atoms with van der Waals surface area (Å²) in [5.41, 5.74) is 0. The fraction of sp³-hybridized carbons (Fsp3) is 0.700. The highest BCUT2D eigenvalue weighted by molar-refractivity contribution is 7.99. The molecule has 0 aliphatic heterocycles. The van der Waals surface area contributed by atoms with Gasteiger partial charge in [0, 0.05) is 11.3 Å². The van der Waals surface area contributed by atoms with Crippen LogP contribution in [-0.4, -0.2) is 27.5 Å². The van der Waals surface area contributed by atoms with Crippen molar-refractivity contribution in [1.29, 1.82) is 0 Å². The van der Waals surface area contributed by atoms with Crippen molar-refractivity contribution in [3.05, 3.63) is 16.3 Å². The van der Waals surface area contributed by atoms with E-state index in [1.165, 1.54) is 19.0 Å². The Morgan fingerprint density at radius 2 is 2.24 bits per heavy atom. The first-order chi connectivity index (χ1) is 8.19. The van der Waals surface area contributed by atoms with Gasteiger partial charge in [-0.25, -0.2) is 4.98 Å². The summed E-state index contributed by atoms with van der Waals surface area (Å²) in [6, 6.07) is 0.421. The maximum atomic E-state index is 10.5. The number of thioether (sulfide) groups is 1. The summed E-state index contributed by atoms with van der Waals surface area (Å²) in [4.78, 5) is 14.2. The maximum absolute atomic E-state index is 10.5. The molecule has 1 aliphatic carbocycles. The van der Waals surface area contributed by atoms with Crippen molar-refractivity contribution in [2.75, 3.05) is 11.6 Å². The highest BCUT2D eigenvalue weighted by Gasteiger charge is 2.21. The Kier molecular flexibility index (Phi) is 4.22. The Hall–Kier alpha value is -0.820. The number of nitrogens with zero attached hydrogens (tertiary/aromatic N) is 2. The molecule has 1 fully saturated rings. The van der Waals surface area contributed by atoms with Gasteiger partial charge in [0.05, 0.1) is 4.92 Å². The Morgan fingerprint density at radius 3 is 2.76 bits per heavy atom. The molecule has 1 saturated carbocycles. The third-order valence-electron chi connectivity index (χ3n) is 3.01. The van der Waals surface area contributed by atoms with Crippen LogP contribution in [0.4, 0.5) is 10.1 Å². The first-order valence-electron chi connectivity index (χ1n) is 5.58. The summed E-state index contributed by atoms with van der Waals surface area (Å²) in [6.07, 6.45) is 8.15. The quantitative estimate of drug-likeness (QED) is 0.674. The zero-order chi connectivity index (χ0) is 12.3. The normalized spacial score (nSPS) is 24.5. The van der Waals surface area contributed by atoms with E-state index in [2.05, 4.69) is 16.6 Å². The fourth-order valence-corrected chi connectivity index (χ4v) is 3.49. The molecule has 0 amide bonds. The molecule has 7 heteroatoms. The average Bonchev–Trinajstić information content (AvgIpc) is 2.79. The molecule has 0 saturated heterocycles. The first kappa shape index (κ1) is 12.6. The summed E-state index contributed by atoms with van der Waals surface area (Å²) in [6.45, 7) is 0. The Bertz CT molecular complexity index is 389. The van der Waals surface area contributed by atoms with Crippen LogP contribution in [0.1, 0.15) is 25.7 Å². The lowest BCUT2D eigenvalue weighted by molar-refractivity contribution is -0.380. The van der Waals surface area contributed by atoms with Crippen molar-refractivity contribution >= 4 is 33.2 Å². The average molecular weight is 273 g/mol. The molecule has 1 heterocycles. The third kappa shape index (κ3) is 3.32. The van der Waals surface area contributed by atoms with Crippen molar-refractivity contribution in [1.82, 2.24) is 4.98 Å². The zero-order valence-electron chi connectivity index (χ0n) is 9.59. The molecule has 1 aromatic heterocycles. The van der Waals surface area contributed by atoms with Crippen molar-refractivity contribution in [3.8, 4) is 0 Å². The Morgan fingerprint density at radius 1 is 1.53 bits per heavy atom. The minimum atomic E-state index is -0.395. The lowest BCUT2D eigenvalue weighted by Gasteiger charge is -2.27. The van der Waals surface area contributed by atoms with Crippen LogP contribution in [0.5, 0.6) is 0 Å². The number of nitrogens with one attached hydrogen (secondary N) is 1. The van der Waals surface area contributed by atoms with Crippen molar-refractivity contribution in [2.45, 2.75) is 37.0 Å². The lowest BCUT2D eigenvalue weighted by Crippen LogP contribution is -2.26. The van der Waals surface area contributed by atoms with Crippen LogP contribution in [0.3, 0.4) is 0 Å². The van der Waals surface area contributed by atoms with Crippen molar-refractivity contribution in [2.24, 2.45) is 0 Å². The third-order valence-corrected chi connectivity index (χ3v) is 5.03. The van der Waals surface area contributed by atoms with Gasteiger partial charge in [-0.05, 0) is 43.3 Å². The number of hydrogen-bond acceptors (Lipinski definition) is 6. The summed E-state index contributed by atoms with van der Waals surface area (Å²) < 4.78 is 0. The fourth-order valence-electron chi connectivity index (χ4n) is 2.03. The molecule has 0 atom stereocenters. The molecule has 94 valence electrons. The van der Waals surface area contributed by atoms with Gasteiger partial charge in [-0.15, -0.1) is 0 Å². The summed E-state index contributed by atoms with van der Waals surface area (Å²) in [5.74, 6) is 0. The predicted molar refractivity (Wildman–Crippen MR) is 72.0 cm³/mol. The van der Waals surface area contributed by atoms with Gasteiger partial charge in [0.2, 0.25) is 0 Å². The van der Waals surface area contributed by atoms with Crippen LogP contribution < -0.4 is 5.32 Å². The number of rotatable bonds is 4. The molecule has 0 unspecified atom stereocenters. The van der Waals surface area contributed by atoms with Crippen molar-refractivity contribution < 1.29 is 4.92 Å². The standard InChI is InChI=1S/C10H15N3O2S2/c1-16-8-4-2-7(3-5-8)12-10-11-6-9(17-10)13(14)15/h6-8H,2-5H2,1H3,(H,11,12). The second kappa shape index (κ2) is 5.68. The van der Waals surface area contributed by atoms with Crippen LogP contribution in [0, 0.1) is 10.1 Å². The molecule has 0 spiro atoms. The molecule has 1 N–H and O–H groups in total. The van der Waals surface area contributed by atoms with Gasteiger partial charge < -0.3 is 5.32 Å². The molecule has 2 rings (SSSR count). The topological polar surface area (TPSA) is 68.1 Å². The predicted octanol–water partition coefficient (Wildman–Crippen LogP) is 3.14. The van der Waals surface area contributed by atoms with E-state index in [1.807, 2.05) is 11.8 Å². The van der Waals surface area contributed by atoms with E-state index in [0.717, 1.165) is 29.4 Å². The second-order valence-electron chi connectivity index (χ2n) is 4.11. The van der Waals surface area contributed by atoms with E-state index in [9.17, 15) is 10.1 Å². The molecule has 1 aromatic rings. The molecule has 0 aromatic carbocycles. The van der Waals surface area contributed by atoms with Crippen LogP contribution in [0.2, 0.25) is 0 Å². The van der Waals surface area contributed by atoms with Crippen LogP contribution in [0.15, 0.2) is 6.20 Å². The number of thiazole rings is 1. The molecule has 5 nitrogen and oxygen atoms in total. The number of nitro groups is 1. The first-order valence-corrected chi connectivity index (χ1v) is 7.69. The minimum Gasteiger partial charge on any atom is -0.359 e. The van der Waals surface area contributed by atoms with Gasteiger partial charge in [0.1, 0.15) is 6.20 Å². The molecule has 1 aliphatic rings. The van der Waals surface area contributed by atoms with Crippen LogP contribution in [-0.2, 0) is 0 Å². The Labute approximate surface area is 108 Å². The van der Waals surface area contributed by atoms with Gasteiger partial charge in [0.25, 0.3) is 0 Å². The van der Waals surface area contributed by atoms with Gasteiger partial charge in [0.15, 0.2) is 5.13 Å². The summed E-state index contributed by atoms with van der Waals surface area (Å²) >= 11 is 3.05. The van der Waals surface area contributed by atoms with E-state index in [-0.39, 0.29) is 5.00 Å². The monoisotopic (exact) mass is 273 g/mol. The van der Waals surface area contributed by atoms with E-state index in [0.29, 0.717) is 11.2 Å². The molecular weight excluding hydrogens is 258 g/mol. The molecule has 17 heavy (non-hydrogen) atoms. The molecule has 0 radical (unpaired) electrons. The van der Waals surface area contributed by atoms with Crippen molar-refractivity contribution in [3.63, 3.8) is 0 Å². The van der Waals surface area contributed by atoms with E-state index in [4.69, 9.17) is 0 Å². The second-order valence-corrected chi connectivity index (χ2v) is 6.26. The lowest BCUT2D eigenvalue weighted by atomic mass is 9.95. The summed E-state index contributed by atoms with van der Waals surface area (Å²) in [5, 5.41) is 15.4. The van der Waals surface area contributed by atoms with Gasteiger partial charge >= 0.3 is 5.00 Å². The summed E-state index contributed by atoms with van der Waals surface area (Å²) in [7, 11) is 0. The Balaban J connectivity index is 1.86. The molecular formula is C10H15N3O2S2. The van der Waals surface area contributed by atoms with Gasteiger partial charge in [-0.3, -0.25) is 10.1 Å². The highest BCUT2D eigenvalue weighted by Crippen LogP contribution is 2.31. The van der Waals surface area contributed by atoms with E-state index >= 15 is 0 Å². The molecule has 0 bridgehead atoms. The maximum Gasteiger partial charge on any atom is 0.345 e. The van der Waals surface area contributed by atoms with Gasteiger partial charge in [-0.2, -0.15) is 11.8 Å². The zero-order valence-corrected chi connectivity index (χ0v) is 11.2. The minimum absolute atomic E-state index is 0.102. The number of aromatic nitrogens is 1. The smallest absolute Gasteiger partial charge is 0.345 e. The number of anilines is 1. The van der Waals surface area contributed by atoms with Gasteiger partial charge in [-0.1, -0.05) is 0 Å². The van der Waals surface area contributed by atoms with E-state index in [1.54, 1.807) is 0 Å². The SMILES string of the molecule is CSC1CCC(Nc2ncc([N+](=O)[O-])s2)CC1. The van der Waals surface area contributed by atoms with Crippen LogP contribution in [0.25, 0.3) is 0 Å². The number of hydrogen-bond donors (Lipinski definition) is 1.